The minimum Gasteiger partial charge on any atom is -0.449 e. The molecular formula is C24H20N2O5. The molecule has 0 aliphatic carbocycles. The van der Waals surface area contributed by atoms with Gasteiger partial charge in [-0.1, -0.05) is 42.0 Å². The number of nitrogens with zero attached hydrogens (tertiary/aromatic N) is 2. The van der Waals surface area contributed by atoms with Crippen LogP contribution in [0.4, 0.5) is 0 Å². The molecule has 0 radical (unpaired) electrons. The number of esters is 1. The van der Waals surface area contributed by atoms with Gasteiger partial charge in [0, 0.05) is 16.7 Å². The molecule has 0 bridgehead atoms. The maximum absolute atomic E-state index is 12.5. The lowest BCUT2D eigenvalue weighted by Gasteiger charge is -2.07. The zero-order valence-corrected chi connectivity index (χ0v) is 17.3. The zero-order valence-electron chi connectivity index (χ0n) is 17.3. The van der Waals surface area contributed by atoms with Crippen molar-refractivity contribution in [1.82, 2.24) is 10.2 Å². The Morgan fingerprint density at radius 2 is 1.55 bits per heavy atom. The van der Waals surface area contributed by atoms with E-state index in [0.717, 1.165) is 16.7 Å². The molecule has 1 atom stereocenters. The summed E-state index contributed by atoms with van der Waals surface area (Å²) < 4.78 is 16.7. The fourth-order valence-electron chi connectivity index (χ4n) is 2.95. The van der Waals surface area contributed by atoms with E-state index in [4.69, 9.17) is 13.6 Å². The molecule has 0 aliphatic rings. The van der Waals surface area contributed by atoms with Crippen LogP contribution in [0.1, 0.15) is 52.3 Å². The second-order valence-corrected chi connectivity index (χ2v) is 7.16. The zero-order chi connectivity index (χ0) is 22.0. The normalized spacial score (nSPS) is 11.8. The summed E-state index contributed by atoms with van der Waals surface area (Å²) >= 11 is 0. The summed E-state index contributed by atoms with van der Waals surface area (Å²) in [5, 5.41) is 8.01. The topological polar surface area (TPSA) is 95.4 Å². The molecule has 0 spiro atoms. The molecule has 4 aromatic rings. The van der Waals surface area contributed by atoms with Crippen LogP contribution in [0.5, 0.6) is 0 Å². The first-order valence-electron chi connectivity index (χ1n) is 9.73. The number of hydrogen-bond donors (Lipinski definition) is 0. The highest BCUT2D eigenvalue weighted by Crippen LogP contribution is 2.26. The molecule has 2 aromatic heterocycles. The van der Waals surface area contributed by atoms with E-state index in [1.54, 1.807) is 37.3 Å². The first-order valence-corrected chi connectivity index (χ1v) is 9.73. The molecule has 7 nitrogen and oxygen atoms in total. The summed E-state index contributed by atoms with van der Waals surface area (Å²) in [6, 6.07) is 17.8. The lowest BCUT2D eigenvalue weighted by molar-refractivity contribution is 0.0245. The third kappa shape index (κ3) is 4.45. The number of carbonyl (C=O) groups is 2. The summed E-state index contributed by atoms with van der Waals surface area (Å²) in [5.74, 6) is 0.428. The molecule has 156 valence electrons. The lowest BCUT2D eigenvalue weighted by Crippen LogP contribution is -2.08. The van der Waals surface area contributed by atoms with Crippen LogP contribution < -0.4 is 0 Å². The van der Waals surface area contributed by atoms with E-state index in [0.29, 0.717) is 17.2 Å². The molecule has 0 saturated carbocycles. The Bertz CT molecular complexity index is 1220. The quantitative estimate of drug-likeness (QED) is 0.306. The maximum Gasteiger partial charge on any atom is 0.375 e. The van der Waals surface area contributed by atoms with Gasteiger partial charge < -0.3 is 13.6 Å². The number of Topliss-reactive ketones (excluding diaryl/α,β-unsaturated/α-hetero) is 1. The molecular weight excluding hydrogens is 396 g/mol. The van der Waals surface area contributed by atoms with Crippen molar-refractivity contribution in [3.05, 3.63) is 83.4 Å². The van der Waals surface area contributed by atoms with Crippen molar-refractivity contribution in [2.75, 3.05) is 0 Å². The number of hydrogen-bond acceptors (Lipinski definition) is 7. The Morgan fingerprint density at radius 3 is 2.23 bits per heavy atom. The molecule has 0 unspecified atom stereocenters. The van der Waals surface area contributed by atoms with Gasteiger partial charge in [-0.3, -0.25) is 4.79 Å². The molecule has 7 heteroatoms. The van der Waals surface area contributed by atoms with Crippen molar-refractivity contribution >= 4 is 11.8 Å². The molecule has 0 saturated heterocycles. The summed E-state index contributed by atoms with van der Waals surface area (Å²) in [7, 11) is 0. The van der Waals surface area contributed by atoms with Gasteiger partial charge in [0.2, 0.25) is 11.7 Å². The molecule has 2 aromatic carbocycles. The van der Waals surface area contributed by atoms with Crippen molar-refractivity contribution < 1.29 is 23.2 Å². The second kappa shape index (κ2) is 8.39. The van der Waals surface area contributed by atoms with Crippen LogP contribution >= 0.6 is 0 Å². The lowest BCUT2D eigenvalue weighted by atomic mass is 10.1. The fourth-order valence-corrected chi connectivity index (χ4v) is 2.95. The number of furan rings is 1. The molecule has 31 heavy (non-hydrogen) atoms. The summed E-state index contributed by atoms with van der Waals surface area (Å²) in [6.07, 6.45) is -0.748. The second-order valence-electron chi connectivity index (χ2n) is 7.16. The van der Waals surface area contributed by atoms with E-state index >= 15 is 0 Å². The standard InChI is InChI=1S/C24H20N2O5/c1-14-4-6-19(7-5-14)23-26-25-22(31-23)16(3)29-24(28)21-13-12-20(30-21)18-10-8-17(9-11-18)15(2)27/h4-13,16H,1-3H3/t16-/m1/s1. The Labute approximate surface area is 178 Å². The summed E-state index contributed by atoms with van der Waals surface area (Å²) in [4.78, 5) is 23.9. The van der Waals surface area contributed by atoms with Crippen LogP contribution in [-0.4, -0.2) is 21.9 Å². The first-order chi connectivity index (χ1) is 14.9. The smallest absolute Gasteiger partial charge is 0.375 e. The highest BCUT2D eigenvalue weighted by Gasteiger charge is 2.22. The van der Waals surface area contributed by atoms with Crippen LogP contribution in [-0.2, 0) is 4.74 Å². The van der Waals surface area contributed by atoms with E-state index < -0.39 is 12.1 Å². The number of benzene rings is 2. The summed E-state index contributed by atoms with van der Waals surface area (Å²) in [5.41, 5.74) is 3.26. The number of aryl methyl sites for hydroxylation is 1. The van der Waals surface area contributed by atoms with Gasteiger partial charge >= 0.3 is 5.97 Å². The van der Waals surface area contributed by atoms with E-state index in [1.165, 1.54) is 13.0 Å². The van der Waals surface area contributed by atoms with Gasteiger partial charge in [-0.25, -0.2) is 4.79 Å². The minimum absolute atomic E-state index is 0.0178. The van der Waals surface area contributed by atoms with Gasteiger partial charge in [0.05, 0.1) is 0 Å². The molecule has 0 aliphatic heterocycles. The van der Waals surface area contributed by atoms with Crippen LogP contribution in [0.3, 0.4) is 0 Å². The van der Waals surface area contributed by atoms with Gasteiger partial charge in [0.15, 0.2) is 11.9 Å². The predicted molar refractivity (Wildman–Crippen MR) is 112 cm³/mol. The van der Waals surface area contributed by atoms with Gasteiger partial charge in [0.1, 0.15) is 5.76 Å². The summed E-state index contributed by atoms with van der Waals surface area (Å²) in [6.45, 7) is 5.14. The number of ether oxygens (including phenoxy) is 1. The SMILES string of the molecule is CC(=O)c1ccc(-c2ccc(C(=O)O[C@H](C)c3nnc(-c4ccc(C)cc4)o3)o2)cc1. The van der Waals surface area contributed by atoms with Crippen molar-refractivity contribution in [3.8, 4) is 22.8 Å². The van der Waals surface area contributed by atoms with E-state index in [9.17, 15) is 9.59 Å². The van der Waals surface area contributed by atoms with E-state index in [1.807, 2.05) is 31.2 Å². The minimum atomic E-state index is -0.748. The molecule has 0 N–H and O–H groups in total. The van der Waals surface area contributed by atoms with Crippen molar-refractivity contribution in [2.45, 2.75) is 26.9 Å². The molecule has 0 amide bonds. The third-order valence-corrected chi connectivity index (χ3v) is 4.75. The number of aromatic nitrogens is 2. The van der Waals surface area contributed by atoms with Crippen molar-refractivity contribution in [2.24, 2.45) is 0 Å². The largest absolute Gasteiger partial charge is 0.449 e. The highest BCUT2D eigenvalue weighted by molar-refractivity contribution is 5.94. The Balaban J connectivity index is 1.44. The van der Waals surface area contributed by atoms with Crippen molar-refractivity contribution in [1.29, 1.82) is 0 Å². The predicted octanol–water partition coefficient (Wildman–Crippen LogP) is 5.43. The molecule has 4 rings (SSSR count). The number of ketones is 1. The van der Waals surface area contributed by atoms with Gasteiger partial charge in [0.25, 0.3) is 5.89 Å². The number of carbonyl (C=O) groups excluding carboxylic acids is 2. The van der Waals surface area contributed by atoms with Crippen LogP contribution in [0, 0.1) is 6.92 Å². The monoisotopic (exact) mass is 416 g/mol. The molecule has 0 fully saturated rings. The average Bonchev–Trinajstić information content (AvgIpc) is 3.45. The number of rotatable bonds is 6. The Kier molecular flexibility index (Phi) is 5.49. The van der Waals surface area contributed by atoms with E-state index in [-0.39, 0.29) is 17.4 Å². The average molecular weight is 416 g/mol. The Morgan fingerprint density at radius 1 is 0.871 bits per heavy atom. The highest BCUT2D eigenvalue weighted by atomic mass is 16.6. The fraction of sp³-hybridized carbons (Fsp3) is 0.167. The van der Waals surface area contributed by atoms with Crippen molar-refractivity contribution in [3.63, 3.8) is 0 Å². The van der Waals surface area contributed by atoms with Crippen LogP contribution in [0.2, 0.25) is 0 Å². The molecule has 2 heterocycles. The van der Waals surface area contributed by atoms with Crippen LogP contribution in [0.15, 0.2) is 69.5 Å². The van der Waals surface area contributed by atoms with E-state index in [2.05, 4.69) is 10.2 Å². The third-order valence-electron chi connectivity index (χ3n) is 4.75. The van der Waals surface area contributed by atoms with Gasteiger partial charge in [-0.15, -0.1) is 10.2 Å². The van der Waals surface area contributed by atoms with Gasteiger partial charge in [-0.05, 0) is 45.0 Å². The Hall–Kier alpha value is -4.00. The maximum atomic E-state index is 12.5. The van der Waals surface area contributed by atoms with Crippen LogP contribution in [0.25, 0.3) is 22.8 Å². The first kappa shape index (κ1) is 20.3. The van der Waals surface area contributed by atoms with Gasteiger partial charge in [-0.2, -0.15) is 0 Å².